The Hall–Kier alpha value is -1.02. The van der Waals surface area contributed by atoms with Crippen LogP contribution in [-0.4, -0.2) is 24.6 Å². The second-order valence-electron chi connectivity index (χ2n) is 4.43. The molecule has 3 rings (SSSR count). The number of aromatic nitrogens is 2. The highest BCUT2D eigenvalue weighted by Crippen LogP contribution is 2.30. The number of hydrogen-bond donors (Lipinski definition) is 0. The molecule has 0 unspecified atom stereocenters. The van der Waals surface area contributed by atoms with Gasteiger partial charge in [-0.15, -0.1) is 11.3 Å². The number of rotatable bonds is 2. The summed E-state index contributed by atoms with van der Waals surface area (Å²) in [7, 11) is -3.29. The molecular weight excluding hydrogens is 396 g/mol. The van der Waals surface area contributed by atoms with E-state index in [0.717, 1.165) is 15.6 Å². The highest BCUT2D eigenvalue weighted by molar-refractivity contribution is 9.11. The van der Waals surface area contributed by atoms with Crippen molar-refractivity contribution in [3.05, 3.63) is 38.6 Å². The molecule has 0 bridgehead atoms. The van der Waals surface area contributed by atoms with Gasteiger partial charge in [-0.3, -0.25) is 0 Å². The summed E-state index contributed by atoms with van der Waals surface area (Å²) in [6.45, 7) is 0. The molecule has 3 aromatic rings. The van der Waals surface area contributed by atoms with Gasteiger partial charge in [-0.2, -0.15) is 0 Å². The number of fused-ring (bicyclic) bond motifs is 1. The fourth-order valence-corrected chi connectivity index (χ4v) is 3.87. The Morgan fingerprint density at radius 2 is 2.00 bits per heavy atom. The minimum atomic E-state index is -3.29. The number of nitrogens with zero attached hydrogens (tertiary/aromatic N) is 2. The molecule has 0 fully saturated rings. The van der Waals surface area contributed by atoms with Crippen LogP contribution >= 0.6 is 38.9 Å². The number of hydrogen-bond acceptors (Lipinski definition) is 5. The molecule has 0 radical (unpaired) electrons. The van der Waals surface area contributed by atoms with Gasteiger partial charge in [0, 0.05) is 22.6 Å². The van der Waals surface area contributed by atoms with Gasteiger partial charge in [0.15, 0.2) is 15.7 Å². The van der Waals surface area contributed by atoms with Crippen LogP contribution in [0.1, 0.15) is 0 Å². The van der Waals surface area contributed by atoms with E-state index < -0.39 is 9.84 Å². The van der Waals surface area contributed by atoms with Crippen LogP contribution in [0.2, 0.25) is 5.15 Å². The molecule has 108 valence electrons. The van der Waals surface area contributed by atoms with E-state index in [1.54, 1.807) is 6.07 Å². The Labute approximate surface area is 138 Å². The van der Waals surface area contributed by atoms with E-state index in [0.29, 0.717) is 16.7 Å². The van der Waals surface area contributed by atoms with Crippen molar-refractivity contribution < 1.29 is 8.42 Å². The smallest absolute Gasteiger partial charge is 0.175 e. The molecule has 4 nitrogen and oxygen atoms in total. The third-order valence-corrected chi connectivity index (χ3v) is 5.78. The molecule has 0 atom stereocenters. The van der Waals surface area contributed by atoms with Gasteiger partial charge in [-0.25, -0.2) is 18.4 Å². The minimum absolute atomic E-state index is 0.200. The third-order valence-electron chi connectivity index (χ3n) is 2.87. The molecule has 0 saturated heterocycles. The normalized spacial score (nSPS) is 12.0. The zero-order valence-corrected chi connectivity index (χ0v) is 14.6. The van der Waals surface area contributed by atoms with Crippen LogP contribution in [0.5, 0.6) is 0 Å². The average molecular weight is 404 g/mol. The first-order valence-corrected chi connectivity index (χ1v) is 9.70. The van der Waals surface area contributed by atoms with Crippen molar-refractivity contribution in [1.29, 1.82) is 0 Å². The molecule has 0 amide bonds. The van der Waals surface area contributed by atoms with Crippen molar-refractivity contribution in [3.8, 4) is 11.4 Å². The minimum Gasteiger partial charge on any atom is -0.228 e. The van der Waals surface area contributed by atoms with Crippen LogP contribution in [-0.2, 0) is 9.84 Å². The molecule has 0 aliphatic carbocycles. The van der Waals surface area contributed by atoms with E-state index in [2.05, 4.69) is 25.9 Å². The van der Waals surface area contributed by atoms with E-state index in [9.17, 15) is 8.42 Å². The lowest BCUT2D eigenvalue weighted by atomic mass is 10.2. The van der Waals surface area contributed by atoms with Crippen molar-refractivity contribution in [2.75, 3.05) is 6.26 Å². The van der Waals surface area contributed by atoms with Gasteiger partial charge in [-0.1, -0.05) is 11.6 Å². The van der Waals surface area contributed by atoms with Crippen molar-refractivity contribution in [3.63, 3.8) is 0 Å². The lowest BCUT2D eigenvalue weighted by Crippen LogP contribution is -1.98. The lowest BCUT2D eigenvalue weighted by molar-refractivity contribution is 0.602. The predicted octanol–water partition coefficient (Wildman–Crippen LogP) is 4.18. The average Bonchev–Trinajstić information content (AvgIpc) is 2.84. The SMILES string of the molecule is CS(=O)(=O)c1ccc2nc(-c3csc(Br)c3)nc(Cl)c2c1. The summed E-state index contributed by atoms with van der Waals surface area (Å²) in [5.74, 6) is 0.515. The summed E-state index contributed by atoms with van der Waals surface area (Å²) in [5.41, 5.74) is 1.47. The van der Waals surface area contributed by atoms with Crippen LogP contribution < -0.4 is 0 Å². The van der Waals surface area contributed by atoms with Crippen molar-refractivity contribution in [2.24, 2.45) is 0 Å². The Bertz CT molecular complexity index is 954. The molecule has 21 heavy (non-hydrogen) atoms. The van der Waals surface area contributed by atoms with Crippen LogP contribution in [0.3, 0.4) is 0 Å². The van der Waals surface area contributed by atoms with E-state index in [4.69, 9.17) is 11.6 Å². The molecular formula is C13H8BrClN2O2S2. The zero-order valence-electron chi connectivity index (χ0n) is 10.7. The predicted molar refractivity (Wildman–Crippen MR) is 88.7 cm³/mol. The highest BCUT2D eigenvalue weighted by Gasteiger charge is 2.13. The van der Waals surface area contributed by atoms with E-state index >= 15 is 0 Å². The number of sulfone groups is 1. The van der Waals surface area contributed by atoms with Gasteiger partial charge in [0.05, 0.1) is 14.2 Å². The molecule has 1 aromatic carbocycles. The summed E-state index contributed by atoms with van der Waals surface area (Å²) < 4.78 is 24.2. The van der Waals surface area contributed by atoms with Crippen LogP contribution in [0.15, 0.2) is 38.3 Å². The molecule has 0 aliphatic rings. The van der Waals surface area contributed by atoms with E-state index in [1.807, 2.05) is 11.4 Å². The van der Waals surface area contributed by atoms with Gasteiger partial charge in [0.1, 0.15) is 5.15 Å². The van der Waals surface area contributed by atoms with Gasteiger partial charge in [0.25, 0.3) is 0 Å². The molecule has 0 aliphatic heterocycles. The van der Waals surface area contributed by atoms with E-state index in [1.165, 1.54) is 23.5 Å². The highest BCUT2D eigenvalue weighted by atomic mass is 79.9. The molecule has 0 spiro atoms. The molecule has 2 heterocycles. The summed E-state index contributed by atoms with van der Waals surface area (Å²) in [4.78, 5) is 8.89. The largest absolute Gasteiger partial charge is 0.228 e. The first-order chi connectivity index (χ1) is 9.84. The summed E-state index contributed by atoms with van der Waals surface area (Å²) in [6, 6.07) is 6.58. The zero-order chi connectivity index (χ0) is 15.2. The monoisotopic (exact) mass is 402 g/mol. The van der Waals surface area contributed by atoms with Crippen LogP contribution in [0.4, 0.5) is 0 Å². The fourth-order valence-electron chi connectivity index (χ4n) is 1.86. The first kappa shape index (κ1) is 14.9. The first-order valence-electron chi connectivity index (χ1n) is 5.76. The Balaban J connectivity index is 2.22. The Morgan fingerprint density at radius 3 is 2.62 bits per heavy atom. The molecule has 8 heteroatoms. The second kappa shape index (κ2) is 5.31. The number of benzene rings is 1. The Kier molecular flexibility index (Phi) is 3.77. The van der Waals surface area contributed by atoms with E-state index in [-0.39, 0.29) is 10.0 Å². The molecule has 2 aromatic heterocycles. The van der Waals surface area contributed by atoms with Crippen molar-refractivity contribution in [2.45, 2.75) is 4.90 Å². The fraction of sp³-hybridized carbons (Fsp3) is 0.0769. The van der Waals surface area contributed by atoms with Gasteiger partial charge in [0.2, 0.25) is 0 Å². The summed E-state index contributed by atoms with van der Waals surface area (Å²) >= 11 is 11.1. The Morgan fingerprint density at radius 1 is 1.24 bits per heavy atom. The lowest BCUT2D eigenvalue weighted by Gasteiger charge is -2.05. The number of halogens is 2. The van der Waals surface area contributed by atoms with Crippen LogP contribution in [0, 0.1) is 0 Å². The third kappa shape index (κ3) is 2.96. The second-order valence-corrected chi connectivity index (χ2v) is 9.09. The standard InChI is InChI=1S/C13H8BrClN2O2S2/c1-21(18,19)8-2-3-10-9(5-8)12(15)17-13(16-10)7-4-11(14)20-6-7/h2-6H,1H3. The maximum Gasteiger partial charge on any atom is 0.175 e. The van der Waals surface area contributed by atoms with Crippen molar-refractivity contribution in [1.82, 2.24) is 9.97 Å². The quantitative estimate of drug-likeness (QED) is 0.602. The summed E-state index contributed by atoms with van der Waals surface area (Å²) in [6.07, 6.45) is 1.15. The summed E-state index contributed by atoms with van der Waals surface area (Å²) in [5, 5.41) is 2.69. The van der Waals surface area contributed by atoms with Crippen molar-refractivity contribution >= 4 is 59.6 Å². The molecule has 0 saturated carbocycles. The van der Waals surface area contributed by atoms with Crippen LogP contribution in [0.25, 0.3) is 22.3 Å². The molecule has 0 N–H and O–H groups in total. The maximum absolute atomic E-state index is 11.6. The van der Waals surface area contributed by atoms with Gasteiger partial charge < -0.3 is 0 Å². The number of thiophene rings is 1. The topological polar surface area (TPSA) is 59.9 Å². The maximum atomic E-state index is 11.6. The van der Waals surface area contributed by atoms with Gasteiger partial charge in [-0.05, 0) is 40.2 Å². The van der Waals surface area contributed by atoms with Gasteiger partial charge >= 0.3 is 0 Å².